The van der Waals surface area contributed by atoms with Gasteiger partial charge in [-0.05, 0) is 26.2 Å². The van der Waals surface area contributed by atoms with Crippen LogP contribution in [0.4, 0.5) is 4.39 Å². The molecule has 0 atom stereocenters. The molecule has 7 nitrogen and oxygen atoms in total. The van der Waals surface area contributed by atoms with Crippen LogP contribution in [0.25, 0.3) is 0 Å². The first kappa shape index (κ1) is 16.5. The maximum absolute atomic E-state index is 13.6. The molecule has 20 heavy (non-hydrogen) atoms. The van der Waals surface area contributed by atoms with Crippen molar-refractivity contribution in [3.05, 3.63) is 24.1 Å². The van der Waals surface area contributed by atoms with Gasteiger partial charge in [0.25, 0.3) is 10.0 Å². The third-order valence-corrected chi connectivity index (χ3v) is 4.20. The van der Waals surface area contributed by atoms with E-state index in [0.717, 1.165) is 12.3 Å². The second kappa shape index (κ2) is 6.73. The summed E-state index contributed by atoms with van der Waals surface area (Å²) < 4.78 is 38.7. The summed E-state index contributed by atoms with van der Waals surface area (Å²) in [4.78, 5) is 16.0. The molecule has 0 fully saturated rings. The highest BCUT2D eigenvalue weighted by molar-refractivity contribution is 7.89. The van der Waals surface area contributed by atoms with Crippen molar-refractivity contribution >= 4 is 16.0 Å². The van der Waals surface area contributed by atoms with Gasteiger partial charge in [0.05, 0.1) is 0 Å². The van der Waals surface area contributed by atoms with Crippen LogP contribution in [0.2, 0.25) is 0 Å². The molecular formula is C11H16FN3O4S. The van der Waals surface area contributed by atoms with E-state index in [4.69, 9.17) is 5.11 Å². The average molecular weight is 305 g/mol. The maximum Gasteiger partial charge on any atom is 0.318 e. The van der Waals surface area contributed by atoms with E-state index in [-0.39, 0.29) is 6.54 Å². The summed E-state index contributed by atoms with van der Waals surface area (Å²) in [7, 11) is -0.852. The lowest BCUT2D eigenvalue weighted by Gasteiger charge is -2.21. The van der Waals surface area contributed by atoms with E-state index in [9.17, 15) is 17.6 Å². The smallest absolute Gasteiger partial charge is 0.318 e. The minimum absolute atomic E-state index is 0.0718. The second-order valence-corrected chi connectivity index (χ2v) is 6.18. The minimum atomic E-state index is -4.28. The van der Waals surface area contributed by atoms with Gasteiger partial charge in [0.15, 0.2) is 5.82 Å². The molecule has 0 amide bonds. The molecule has 0 aliphatic heterocycles. The summed E-state index contributed by atoms with van der Waals surface area (Å²) in [5, 5.41) is 8.03. The van der Waals surface area contributed by atoms with Crippen molar-refractivity contribution in [2.24, 2.45) is 0 Å². The highest BCUT2D eigenvalue weighted by atomic mass is 32.2. The van der Waals surface area contributed by atoms with E-state index in [2.05, 4.69) is 4.98 Å². The van der Waals surface area contributed by atoms with Crippen LogP contribution in [0.3, 0.4) is 0 Å². The number of hydrogen-bond donors (Lipinski definition) is 1. The van der Waals surface area contributed by atoms with Gasteiger partial charge in [-0.1, -0.05) is 0 Å². The third kappa shape index (κ3) is 4.22. The number of rotatable bonds is 7. The van der Waals surface area contributed by atoms with Crippen LogP contribution >= 0.6 is 0 Å². The van der Waals surface area contributed by atoms with Gasteiger partial charge < -0.3 is 10.0 Å². The number of carboxylic acid groups (broad SMARTS) is 1. The molecule has 0 bridgehead atoms. The first-order valence-electron chi connectivity index (χ1n) is 5.72. The van der Waals surface area contributed by atoms with Crippen LogP contribution in [0.5, 0.6) is 0 Å². The van der Waals surface area contributed by atoms with Crippen molar-refractivity contribution in [2.75, 3.05) is 33.7 Å². The van der Waals surface area contributed by atoms with Crippen molar-refractivity contribution < 1.29 is 22.7 Å². The standard InChI is InChI=1S/C11H16FN3O4S/c1-14(2)6-7-15(8-10(16)17)20(18,19)11-9(12)4-3-5-13-11/h3-5H,6-8H2,1-2H3,(H,16,17). The Morgan fingerprint density at radius 3 is 2.55 bits per heavy atom. The van der Waals surface area contributed by atoms with E-state index in [0.29, 0.717) is 10.8 Å². The van der Waals surface area contributed by atoms with Crippen molar-refractivity contribution in [2.45, 2.75) is 5.03 Å². The monoisotopic (exact) mass is 305 g/mol. The highest BCUT2D eigenvalue weighted by Crippen LogP contribution is 2.16. The molecule has 1 aromatic heterocycles. The van der Waals surface area contributed by atoms with Crippen molar-refractivity contribution in [1.29, 1.82) is 0 Å². The van der Waals surface area contributed by atoms with Crippen LogP contribution in [-0.2, 0) is 14.8 Å². The zero-order chi connectivity index (χ0) is 15.3. The van der Waals surface area contributed by atoms with Crippen LogP contribution in [0.15, 0.2) is 23.4 Å². The van der Waals surface area contributed by atoms with Crippen molar-refractivity contribution in [3.8, 4) is 0 Å². The fourth-order valence-electron chi connectivity index (χ4n) is 1.43. The predicted molar refractivity (Wildman–Crippen MR) is 69.1 cm³/mol. The zero-order valence-corrected chi connectivity index (χ0v) is 12.0. The maximum atomic E-state index is 13.6. The van der Waals surface area contributed by atoms with E-state index in [1.807, 2.05) is 0 Å². The molecule has 0 saturated heterocycles. The van der Waals surface area contributed by atoms with Crippen molar-refractivity contribution in [3.63, 3.8) is 0 Å². The van der Waals surface area contributed by atoms with Gasteiger partial charge in [-0.25, -0.2) is 17.8 Å². The van der Waals surface area contributed by atoms with Crippen molar-refractivity contribution in [1.82, 2.24) is 14.2 Å². The van der Waals surface area contributed by atoms with Gasteiger partial charge >= 0.3 is 5.97 Å². The quantitative estimate of drug-likeness (QED) is 0.754. The molecular weight excluding hydrogens is 289 g/mol. The van der Waals surface area contributed by atoms with Crippen LogP contribution in [-0.4, -0.2) is 67.4 Å². The molecule has 9 heteroatoms. The molecule has 0 spiro atoms. The second-order valence-electron chi connectivity index (χ2n) is 4.33. The Balaban J connectivity index is 3.10. The summed E-state index contributed by atoms with van der Waals surface area (Å²) in [5.41, 5.74) is 0. The van der Waals surface area contributed by atoms with E-state index in [1.54, 1.807) is 19.0 Å². The normalized spacial score (nSPS) is 12.1. The number of aliphatic carboxylic acids is 1. The fourth-order valence-corrected chi connectivity index (χ4v) is 2.79. The Morgan fingerprint density at radius 2 is 2.05 bits per heavy atom. The van der Waals surface area contributed by atoms with Gasteiger partial charge in [-0.3, -0.25) is 4.79 Å². The lowest BCUT2D eigenvalue weighted by Crippen LogP contribution is -2.40. The molecule has 0 saturated carbocycles. The summed E-state index contributed by atoms with van der Waals surface area (Å²) in [6.07, 6.45) is 1.14. The van der Waals surface area contributed by atoms with Crippen LogP contribution < -0.4 is 0 Å². The SMILES string of the molecule is CN(C)CCN(CC(=O)O)S(=O)(=O)c1ncccc1F. The highest BCUT2D eigenvalue weighted by Gasteiger charge is 2.30. The number of carbonyl (C=O) groups is 1. The molecule has 0 aliphatic rings. The molecule has 0 aliphatic carbocycles. The summed E-state index contributed by atoms with van der Waals surface area (Å²) in [6.45, 7) is -0.509. The molecule has 0 aromatic carbocycles. The van der Waals surface area contributed by atoms with Gasteiger partial charge in [-0.15, -0.1) is 0 Å². The first-order valence-corrected chi connectivity index (χ1v) is 7.16. The Kier molecular flexibility index (Phi) is 5.54. The first-order chi connectivity index (χ1) is 9.25. The molecule has 1 N–H and O–H groups in total. The number of nitrogens with zero attached hydrogens (tertiary/aromatic N) is 3. The number of aromatic nitrogens is 1. The number of likely N-dealkylation sites (N-methyl/N-ethyl adjacent to an activating group) is 1. The number of halogens is 1. The van der Waals surface area contributed by atoms with Gasteiger partial charge in [-0.2, -0.15) is 4.31 Å². The lowest BCUT2D eigenvalue weighted by molar-refractivity contribution is -0.137. The summed E-state index contributed by atoms with van der Waals surface area (Å²) in [6, 6.07) is 2.22. The van der Waals surface area contributed by atoms with Crippen LogP contribution in [0.1, 0.15) is 0 Å². The largest absolute Gasteiger partial charge is 0.480 e. The summed E-state index contributed by atoms with van der Waals surface area (Å²) in [5.74, 6) is -2.32. The van der Waals surface area contributed by atoms with Gasteiger partial charge in [0.1, 0.15) is 6.54 Å². The van der Waals surface area contributed by atoms with Crippen LogP contribution in [0, 0.1) is 5.82 Å². The number of hydrogen-bond acceptors (Lipinski definition) is 5. The molecule has 0 radical (unpaired) electrons. The number of pyridine rings is 1. The molecule has 0 unspecified atom stereocenters. The number of sulfonamides is 1. The summed E-state index contributed by atoms with van der Waals surface area (Å²) >= 11 is 0. The van der Waals surface area contributed by atoms with Gasteiger partial charge in [0, 0.05) is 19.3 Å². The van der Waals surface area contributed by atoms with E-state index < -0.39 is 33.4 Å². The third-order valence-electron chi connectivity index (χ3n) is 2.42. The molecule has 1 aromatic rings. The number of carboxylic acids is 1. The zero-order valence-electron chi connectivity index (χ0n) is 11.2. The molecule has 1 rings (SSSR count). The molecule has 112 valence electrons. The van der Waals surface area contributed by atoms with E-state index in [1.165, 1.54) is 6.07 Å². The topological polar surface area (TPSA) is 90.8 Å². The Bertz CT molecular complexity index is 577. The Morgan fingerprint density at radius 1 is 1.40 bits per heavy atom. The predicted octanol–water partition coefficient (Wildman–Crippen LogP) is -0.142. The van der Waals surface area contributed by atoms with Gasteiger partial charge in [0.2, 0.25) is 5.03 Å². The fraction of sp³-hybridized carbons (Fsp3) is 0.455. The average Bonchev–Trinajstić information content (AvgIpc) is 2.34. The lowest BCUT2D eigenvalue weighted by atomic mass is 10.5. The Labute approximate surface area is 116 Å². The molecule has 1 heterocycles. The Hall–Kier alpha value is -1.58. The minimum Gasteiger partial charge on any atom is -0.480 e. The van der Waals surface area contributed by atoms with E-state index >= 15 is 0 Å².